The summed E-state index contributed by atoms with van der Waals surface area (Å²) < 4.78 is 0. The third-order valence-corrected chi connectivity index (χ3v) is 2.29. The lowest BCUT2D eigenvalue weighted by Gasteiger charge is -2.30. The summed E-state index contributed by atoms with van der Waals surface area (Å²) >= 11 is 0. The van der Waals surface area contributed by atoms with Crippen molar-refractivity contribution in [2.75, 3.05) is 13.7 Å². The lowest BCUT2D eigenvalue weighted by molar-refractivity contribution is 0.148. The van der Waals surface area contributed by atoms with Crippen LogP contribution in [0.1, 0.15) is 39.5 Å². The third kappa shape index (κ3) is 3.21. The Bertz CT molecular complexity index is 81.6. The molecule has 0 radical (unpaired) electrons. The molecule has 0 amide bonds. The first kappa shape index (κ1) is 10.9. The Morgan fingerprint density at radius 2 is 1.64 bits per heavy atom. The molecule has 68 valence electrons. The number of hydrogen-bond acceptors (Lipinski definition) is 2. The van der Waals surface area contributed by atoms with Crippen LogP contribution < -0.4 is 5.32 Å². The maximum Gasteiger partial charge on any atom is 0.0613 e. The zero-order valence-corrected chi connectivity index (χ0v) is 7.98. The fraction of sp³-hybridized carbons (Fsp3) is 1.00. The van der Waals surface area contributed by atoms with Crippen LogP contribution in [0, 0.1) is 0 Å². The lowest BCUT2D eigenvalue weighted by atomic mass is 9.90. The first-order valence-electron chi connectivity index (χ1n) is 4.54. The largest absolute Gasteiger partial charge is 0.394 e. The summed E-state index contributed by atoms with van der Waals surface area (Å²) in [4.78, 5) is 0. The number of nitrogens with one attached hydrogen (secondary N) is 1. The minimum atomic E-state index is -0.0104. The van der Waals surface area contributed by atoms with E-state index in [1.54, 1.807) is 0 Å². The van der Waals surface area contributed by atoms with Crippen molar-refractivity contribution in [1.29, 1.82) is 0 Å². The van der Waals surface area contributed by atoms with Crippen LogP contribution >= 0.6 is 0 Å². The van der Waals surface area contributed by atoms with Gasteiger partial charge in [-0.25, -0.2) is 0 Å². The molecule has 0 heterocycles. The summed E-state index contributed by atoms with van der Waals surface area (Å²) in [6.07, 6.45) is 4.38. The highest BCUT2D eigenvalue weighted by Gasteiger charge is 2.24. The SMILES string of the molecule is CCCC(CO)(CCC)NC. The van der Waals surface area contributed by atoms with Gasteiger partial charge in [0.05, 0.1) is 6.61 Å². The van der Waals surface area contributed by atoms with E-state index in [-0.39, 0.29) is 12.1 Å². The molecular weight excluding hydrogens is 138 g/mol. The second kappa shape index (κ2) is 5.56. The van der Waals surface area contributed by atoms with Crippen molar-refractivity contribution in [3.8, 4) is 0 Å². The van der Waals surface area contributed by atoms with Crippen LogP contribution in [0.2, 0.25) is 0 Å². The summed E-state index contributed by atoms with van der Waals surface area (Å²) in [6, 6.07) is 0. The summed E-state index contributed by atoms with van der Waals surface area (Å²) in [5.41, 5.74) is -0.0104. The van der Waals surface area contributed by atoms with Crippen LogP contribution in [0.3, 0.4) is 0 Å². The Kier molecular flexibility index (Phi) is 5.51. The van der Waals surface area contributed by atoms with Gasteiger partial charge in [-0.15, -0.1) is 0 Å². The van der Waals surface area contributed by atoms with E-state index in [0.29, 0.717) is 0 Å². The molecule has 0 aromatic rings. The molecule has 0 aromatic carbocycles. The van der Waals surface area contributed by atoms with Gasteiger partial charge in [-0.3, -0.25) is 0 Å². The fourth-order valence-electron chi connectivity index (χ4n) is 1.57. The van der Waals surface area contributed by atoms with Gasteiger partial charge in [-0.2, -0.15) is 0 Å². The van der Waals surface area contributed by atoms with E-state index in [2.05, 4.69) is 19.2 Å². The Labute approximate surface area is 70.0 Å². The molecule has 0 rings (SSSR count). The smallest absolute Gasteiger partial charge is 0.0613 e. The van der Waals surface area contributed by atoms with Crippen molar-refractivity contribution in [2.45, 2.75) is 45.1 Å². The monoisotopic (exact) mass is 159 g/mol. The molecule has 0 spiro atoms. The zero-order chi connectivity index (χ0) is 8.74. The molecule has 0 unspecified atom stereocenters. The molecule has 2 heteroatoms. The van der Waals surface area contributed by atoms with Crippen molar-refractivity contribution < 1.29 is 5.11 Å². The number of aliphatic hydroxyl groups is 1. The maximum absolute atomic E-state index is 9.18. The van der Waals surface area contributed by atoms with Crippen molar-refractivity contribution in [2.24, 2.45) is 0 Å². The summed E-state index contributed by atoms with van der Waals surface area (Å²) in [6.45, 7) is 4.56. The highest BCUT2D eigenvalue weighted by molar-refractivity contribution is 4.84. The number of aliphatic hydroxyl groups excluding tert-OH is 1. The minimum Gasteiger partial charge on any atom is -0.394 e. The van der Waals surface area contributed by atoms with Gasteiger partial charge in [0.25, 0.3) is 0 Å². The molecule has 11 heavy (non-hydrogen) atoms. The second-order valence-electron chi connectivity index (χ2n) is 3.19. The maximum atomic E-state index is 9.18. The van der Waals surface area contributed by atoms with Crippen LogP contribution in [-0.4, -0.2) is 24.3 Å². The molecular formula is C9H21NO. The van der Waals surface area contributed by atoms with E-state index >= 15 is 0 Å². The molecule has 0 atom stereocenters. The van der Waals surface area contributed by atoms with E-state index in [9.17, 15) is 5.11 Å². The van der Waals surface area contributed by atoms with Crippen LogP contribution in [0.15, 0.2) is 0 Å². The van der Waals surface area contributed by atoms with Crippen molar-refractivity contribution >= 4 is 0 Å². The van der Waals surface area contributed by atoms with E-state index in [1.807, 2.05) is 7.05 Å². The molecule has 0 fully saturated rings. The van der Waals surface area contributed by atoms with Crippen LogP contribution in [0.25, 0.3) is 0 Å². The Hall–Kier alpha value is -0.0800. The standard InChI is InChI=1S/C9H21NO/c1-4-6-9(8-11,10-3)7-5-2/h10-11H,4-8H2,1-3H3. The Morgan fingerprint density at radius 1 is 1.18 bits per heavy atom. The molecule has 0 aliphatic heterocycles. The van der Waals surface area contributed by atoms with Gasteiger partial charge in [-0.1, -0.05) is 26.7 Å². The lowest BCUT2D eigenvalue weighted by Crippen LogP contribution is -2.46. The van der Waals surface area contributed by atoms with Crippen LogP contribution in [0.5, 0.6) is 0 Å². The number of rotatable bonds is 6. The Balaban J connectivity index is 3.96. The van der Waals surface area contributed by atoms with Gasteiger partial charge in [0.2, 0.25) is 0 Å². The number of hydrogen-bond donors (Lipinski definition) is 2. The fourth-order valence-corrected chi connectivity index (χ4v) is 1.57. The van der Waals surface area contributed by atoms with E-state index in [1.165, 1.54) is 0 Å². The summed E-state index contributed by atoms with van der Waals surface area (Å²) in [5, 5.41) is 12.4. The molecule has 2 nitrogen and oxygen atoms in total. The Morgan fingerprint density at radius 3 is 1.82 bits per heavy atom. The van der Waals surface area contributed by atoms with Gasteiger partial charge < -0.3 is 10.4 Å². The normalized spacial score (nSPS) is 12.0. The topological polar surface area (TPSA) is 32.3 Å². The van der Waals surface area contributed by atoms with Gasteiger partial charge in [0, 0.05) is 5.54 Å². The van der Waals surface area contributed by atoms with Crippen LogP contribution in [0.4, 0.5) is 0 Å². The second-order valence-corrected chi connectivity index (χ2v) is 3.19. The molecule has 0 bridgehead atoms. The third-order valence-electron chi connectivity index (χ3n) is 2.29. The molecule has 0 saturated heterocycles. The van der Waals surface area contributed by atoms with E-state index < -0.39 is 0 Å². The van der Waals surface area contributed by atoms with Gasteiger partial charge >= 0.3 is 0 Å². The summed E-state index contributed by atoms with van der Waals surface area (Å²) in [7, 11) is 1.93. The predicted molar refractivity (Wildman–Crippen MR) is 48.7 cm³/mol. The zero-order valence-electron chi connectivity index (χ0n) is 7.98. The van der Waals surface area contributed by atoms with E-state index in [4.69, 9.17) is 0 Å². The minimum absolute atomic E-state index is 0.0104. The average molecular weight is 159 g/mol. The molecule has 0 aliphatic rings. The molecule has 0 aromatic heterocycles. The first-order valence-corrected chi connectivity index (χ1v) is 4.54. The van der Waals surface area contributed by atoms with Gasteiger partial charge in [-0.05, 0) is 19.9 Å². The van der Waals surface area contributed by atoms with Crippen molar-refractivity contribution in [3.63, 3.8) is 0 Å². The molecule has 2 N–H and O–H groups in total. The molecule has 0 aliphatic carbocycles. The predicted octanol–water partition coefficient (Wildman–Crippen LogP) is 1.54. The van der Waals surface area contributed by atoms with Crippen molar-refractivity contribution in [3.05, 3.63) is 0 Å². The molecule has 0 saturated carbocycles. The van der Waals surface area contributed by atoms with E-state index in [0.717, 1.165) is 25.7 Å². The quantitative estimate of drug-likeness (QED) is 0.616. The van der Waals surface area contributed by atoms with Crippen molar-refractivity contribution in [1.82, 2.24) is 5.32 Å². The average Bonchev–Trinajstić information content (AvgIpc) is 2.04. The van der Waals surface area contributed by atoms with Gasteiger partial charge in [0.15, 0.2) is 0 Å². The first-order chi connectivity index (χ1) is 5.24. The van der Waals surface area contributed by atoms with Crippen LogP contribution in [-0.2, 0) is 0 Å². The summed E-state index contributed by atoms with van der Waals surface area (Å²) in [5.74, 6) is 0. The highest BCUT2D eigenvalue weighted by atomic mass is 16.3. The number of likely N-dealkylation sites (N-methyl/N-ethyl adjacent to an activating group) is 1. The van der Waals surface area contributed by atoms with Gasteiger partial charge in [0.1, 0.15) is 0 Å². The highest BCUT2D eigenvalue weighted by Crippen LogP contribution is 2.17.